The fourth-order valence-electron chi connectivity index (χ4n) is 3.39. The number of carbonyl (C=O) groups excluding carboxylic acids is 1. The van der Waals surface area contributed by atoms with Gasteiger partial charge in [-0.1, -0.05) is 17.3 Å². The summed E-state index contributed by atoms with van der Waals surface area (Å²) < 4.78 is 15.9. The monoisotopic (exact) mass is 382 g/mol. The lowest BCUT2D eigenvalue weighted by Crippen LogP contribution is -2.42. The molecule has 0 aliphatic carbocycles. The highest BCUT2D eigenvalue weighted by atomic mass is 16.5. The Hall–Kier alpha value is -3.13. The zero-order chi connectivity index (χ0) is 19.3. The molecule has 28 heavy (non-hydrogen) atoms. The molecule has 1 amide bonds. The van der Waals surface area contributed by atoms with Crippen molar-refractivity contribution in [2.75, 3.05) is 13.7 Å². The number of carbonyl (C=O) groups is 1. The van der Waals surface area contributed by atoms with Crippen LogP contribution in [0, 0.1) is 0 Å². The predicted octanol–water partition coefficient (Wildman–Crippen LogP) is 2.62. The summed E-state index contributed by atoms with van der Waals surface area (Å²) in [5.41, 5.74) is 0.823. The van der Waals surface area contributed by atoms with Gasteiger partial charge in [-0.05, 0) is 43.7 Å². The van der Waals surface area contributed by atoms with Gasteiger partial charge in [-0.2, -0.15) is 4.98 Å². The highest BCUT2D eigenvalue weighted by Gasteiger charge is 2.31. The number of amides is 1. The Balaban J connectivity index is 1.39. The van der Waals surface area contributed by atoms with E-state index in [1.807, 2.05) is 30.3 Å². The maximum atomic E-state index is 12.6. The molecule has 1 unspecified atom stereocenters. The number of benzene rings is 1. The maximum Gasteiger partial charge on any atom is 0.241 e. The Labute approximate surface area is 162 Å². The molecule has 1 N–H and O–H groups in total. The number of ether oxygens (including phenoxy) is 1. The molecule has 1 aromatic carbocycles. The van der Waals surface area contributed by atoms with E-state index in [2.05, 4.69) is 20.4 Å². The lowest BCUT2D eigenvalue weighted by Gasteiger charge is -2.21. The van der Waals surface area contributed by atoms with Gasteiger partial charge in [0.05, 0.1) is 32.5 Å². The van der Waals surface area contributed by atoms with Crippen molar-refractivity contribution in [2.24, 2.45) is 0 Å². The summed E-state index contributed by atoms with van der Waals surface area (Å²) in [6.07, 6.45) is 3.36. The van der Waals surface area contributed by atoms with E-state index in [0.29, 0.717) is 24.8 Å². The highest BCUT2D eigenvalue weighted by molar-refractivity contribution is 5.81. The first kappa shape index (κ1) is 18.2. The van der Waals surface area contributed by atoms with Gasteiger partial charge in [-0.15, -0.1) is 0 Å². The molecule has 1 fully saturated rings. The molecule has 8 heteroatoms. The van der Waals surface area contributed by atoms with Gasteiger partial charge in [0.1, 0.15) is 11.5 Å². The second-order valence-electron chi connectivity index (χ2n) is 6.67. The van der Waals surface area contributed by atoms with Crippen LogP contribution in [0.1, 0.15) is 24.5 Å². The van der Waals surface area contributed by atoms with Crippen LogP contribution in [0.3, 0.4) is 0 Å². The Morgan fingerprint density at radius 3 is 3.11 bits per heavy atom. The van der Waals surface area contributed by atoms with Gasteiger partial charge in [-0.25, -0.2) is 0 Å². The van der Waals surface area contributed by atoms with Crippen LogP contribution in [0.5, 0.6) is 5.75 Å². The van der Waals surface area contributed by atoms with Crippen LogP contribution >= 0.6 is 0 Å². The van der Waals surface area contributed by atoms with E-state index >= 15 is 0 Å². The first-order chi connectivity index (χ1) is 13.7. The van der Waals surface area contributed by atoms with Gasteiger partial charge in [0.2, 0.25) is 17.6 Å². The van der Waals surface area contributed by atoms with E-state index in [1.54, 1.807) is 19.4 Å². The SMILES string of the molecule is COc1cccc(-c2noc(CN3CCCC3C(=O)NCc3ccco3)n2)c1. The van der Waals surface area contributed by atoms with Crippen LogP contribution in [0.15, 0.2) is 51.6 Å². The molecule has 1 aliphatic rings. The molecule has 2 aromatic heterocycles. The van der Waals surface area contributed by atoms with E-state index in [4.69, 9.17) is 13.7 Å². The summed E-state index contributed by atoms with van der Waals surface area (Å²) in [6.45, 7) is 1.64. The summed E-state index contributed by atoms with van der Waals surface area (Å²) >= 11 is 0. The Morgan fingerprint density at radius 1 is 1.36 bits per heavy atom. The van der Waals surface area contributed by atoms with E-state index in [0.717, 1.165) is 36.5 Å². The number of methoxy groups -OCH3 is 1. The van der Waals surface area contributed by atoms with Crippen LogP contribution in [0.25, 0.3) is 11.4 Å². The molecule has 0 radical (unpaired) electrons. The number of furan rings is 1. The fraction of sp³-hybridized carbons (Fsp3) is 0.350. The minimum absolute atomic E-state index is 0.0126. The Kier molecular flexibility index (Phi) is 5.38. The summed E-state index contributed by atoms with van der Waals surface area (Å²) in [5.74, 6) is 2.45. The van der Waals surface area contributed by atoms with Gasteiger partial charge in [0.15, 0.2) is 0 Å². The Bertz CT molecular complexity index is 922. The third-order valence-electron chi connectivity index (χ3n) is 4.82. The molecular formula is C20H22N4O4. The Morgan fingerprint density at radius 2 is 2.29 bits per heavy atom. The predicted molar refractivity (Wildman–Crippen MR) is 100 cm³/mol. The van der Waals surface area contributed by atoms with E-state index in [9.17, 15) is 4.79 Å². The van der Waals surface area contributed by atoms with Gasteiger partial charge in [0.25, 0.3) is 0 Å². The molecule has 1 saturated heterocycles. The molecule has 1 aliphatic heterocycles. The van der Waals surface area contributed by atoms with Gasteiger partial charge in [-0.3, -0.25) is 9.69 Å². The number of rotatable bonds is 7. The molecule has 8 nitrogen and oxygen atoms in total. The molecule has 0 saturated carbocycles. The van der Waals surface area contributed by atoms with E-state index < -0.39 is 0 Å². The summed E-state index contributed by atoms with van der Waals surface area (Å²) in [6, 6.07) is 10.9. The largest absolute Gasteiger partial charge is 0.497 e. The first-order valence-electron chi connectivity index (χ1n) is 9.24. The van der Waals surface area contributed by atoms with Crippen molar-refractivity contribution in [3.63, 3.8) is 0 Å². The van der Waals surface area contributed by atoms with Crippen molar-refractivity contribution in [3.8, 4) is 17.1 Å². The van der Waals surface area contributed by atoms with Crippen molar-refractivity contribution in [3.05, 3.63) is 54.3 Å². The normalized spacial score (nSPS) is 17.0. The molecule has 3 heterocycles. The number of aromatic nitrogens is 2. The zero-order valence-electron chi connectivity index (χ0n) is 15.6. The molecule has 0 spiro atoms. The van der Waals surface area contributed by atoms with Gasteiger partial charge >= 0.3 is 0 Å². The van der Waals surface area contributed by atoms with Crippen LogP contribution in [0.2, 0.25) is 0 Å². The number of nitrogens with zero attached hydrogens (tertiary/aromatic N) is 3. The number of likely N-dealkylation sites (tertiary alicyclic amines) is 1. The van der Waals surface area contributed by atoms with Crippen molar-refractivity contribution < 1.29 is 18.5 Å². The van der Waals surface area contributed by atoms with E-state index in [-0.39, 0.29) is 11.9 Å². The lowest BCUT2D eigenvalue weighted by atomic mass is 10.2. The minimum Gasteiger partial charge on any atom is -0.497 e. The van der Waals surface area contributed by atoms with Crippen molar-refractivity contribution >= 4 is 5.91 Å². The number of hydrogen-bond acceptors (Lipinski definition) is 7. The van der Waals surface area contributed by atoms with Gasteiger partial charge < -0.3 is 19.0 Å². The maximum absolute atomic E-state index is 12.6. The lowest BCUT2D eigenvalue weighted by molar-refractivity contribution is -0.126. The fourth-order valence-corrected chi connectivity index (χ4v) is 3.39. The minimum atomic E-state index is -0.206. The summed E-state index contributed by atoms with van der Waals surface area (Å²) in [7, 11) is 1.62. The van der Waals surface area contributed by atoms with Crippen LogP contribution in [-0.4, -0.2) is 40.6 Å². The topological polar surface area (TPSA) is 93.6 Å². The summed E-state index contributed by atoms with van der Waals surface area (Å²) in [5, 5.41) is 6.99. The van der Waals surface area contributed by atoms with Crippen LogP contribution < -0.4 is 10.1 Å². The smallest absolute Gasteiger partial charge is 0.241 e. The second kappa shape index (κ2) is 8.26. The molecular weight excluding hydrogens is 360 g/mol. The third-order valence-corrected chi connectivity index (χ3v) is 4.82. The van der Waals surface area contributed by atoms with Crippen molar-refractivity contribution in [2.45, 2.75) is 32.0 Å². The molecule has 146 valence electrons. The average Bonchev–Trinajstić information content (AvgIpc) is 3.48. The number of nitrogens with one attached hydrogen (secondary N) is 1. The van der Waals surface area contributed by atoms with Crippen LogP contribution in [0.4, 0.5) is 0 Å². The molecule has 3 aromatic rings. The molecule has 4 rings (SSSR count). The zero-order valence-corrected chi connectivity index (χ0v) is 15.6. The average molecular weight is 382 g/mol. The van der Waals surface area contributed by atoms with Crippen molar-refractivity contribution in [1.82, 2.24) is 20.4 Å². The van der Waals surface area contributed by atoms with Crippen molar-refractivity contribution in [1.29, 1.82) is 0 Å². The van der Waals surface area contributed by atoms with E-state index in [1.165, 1.54) is 0 Å². The standard InChI is InChI=1S/C20H22N4O4/c1-26-15-6-2-5-14(11-15)19-22-18(28-23-19)13-24-9-3-8-17(24)20(25)21-12-16-7-4-10-27-16/h2,4-7,10-11,17H,3,8-9,12-13H2,1H3,(H,21,25). The molecule has 0 bridgehead atoms. The first-order valence-corrected chi connectivity index (χ1v) is 9.24. The summed E-state index contributed by atoms with van der Waals surface area (Å²) in [4.78, 5) is 19.1. The third kappa shape index (κ3) is 4.07. The highest BCUT2D eigenvalue weighted by Crippen LogP contribution is 2.23. The molecule has 1 atom stereocenters. The van der Waals surface area contributed by atoms with Gasteiger partial charge in [0, 0.05) is 5.56 Å². The second-order valence-corrected chi connectivity index (χ2v) is 6.67. The van der Waals surface area contributed by atoms with Crippen LogP contribution in [-0.2, 0) is 17.9 Å². The quantitative estimate of drug-likeness (QED) is 0.671. The number of hydrogen-bond donors (Lipinski definition) is 1.